The normalized spacial score (nSPS) is 10.1. The highest BCUT2D eigenvalue weighted by Crippen LogP contribution is 2.12. The molecule has 1 heterocycles. The maximum absolute atomic E-state index is 4.42. The van der Waals surface area contributed by atoms with E-state index in [0.29, 0.717) is 0 Å². The molecular weight excluding hydrogens is 322 g/mol. The van der Waals surface area contributed by atoms with Gasteiger partial charge in [-0.25, -0.2) is 0 Å². The van der Waals surface area contributed by atoms with Gasteiger partial charge in [-0.1, -0.05) is 77.4 Å². The van der Waals surface area contributed by atoms with Gasteiger partial charge in [0.1, 0.15) is 0 Å². The van der Waals surface area contributed by atoms with Gasteiger partial charge >= 0.3 is 0 Å². The number of aromatic nitrogens is 1. The molecule has 0 fully saturated rings. The molecule has 1 aromatic rings. The molecule has 1 aromatic heterocycles. The molecular formula is C19H32BrN. The van der Waals surface area contributed by atoms with E-state index in [1.165, 1.54) is 75.5 Å². The first-order valence-corrected chi connectivity index (χ1v) is 8.44. The molecule has 2 heteroatoms. The fourth-order valence-corrected chi connectivity index (χ4v) is 2.55. The van der Waals surface area contributed by atoms with Gasteiger partial charge in [0.15, 0.2) is 0 Å². The summed E-state index contributed by atoms with van der Waals surface area (Å²) in [6, 6.07) is 4.16. The molecule has 0 aromatic carbocycles. The smallest absolute Gasteiger partial charge is 0.0409 e. The summed E-state index contributed by atoms with van der Waals surface area (Å²) in [5, 5.41) is 0. The molecule has 1 rings (SSSR count). The van der Waals surface area contributed by atoms with Crippen LogP contribution in [0.1, 0.15) is 82.4 Å². The van der Waals surface area contributed by atoms with Gasteiger partial charge in [0.2, 0.25) is 0 Å². The Morgan fingerprint density at radius 2 is 1.52 bits per heavy atom. The molecule has 0 amide bonds. The quantitative estimate of drug-likeness (QED) is 0.378. The van der Waals surface area contributed by atoms with Crippen LogP contribution in [0.15, 0.2) is 24.9 Å². The molecule has 0 radical (unpaired) electrons. The molecule has 0 bridgehead atoms. The predicted octanol–water partition coefficient (Wildman–Crippen LogP) is 6.77. The minimum absolute atomic E-state index is 0. The van der Waals surface area contributed by atoms with Gasteiger partial charge in [0.05, 0.1) is 0 Å². The fourth-order valence-electron chi connectivity index (χ4n) is 2.55. The summed E-state index contributed by atoms with van der Waals surface area (Å²) in [6.07, 6.45) is 18.8. The highest BCUT2D eigenvalue weighted by Gasteiger charge is 1.97. The molecule has 120 valence electrons. The van der Waals surface area contributed by atoms with Crippen molar-refractivity contribution in [2.24, 2.45) is 0 Å². The molecule has 0 spiro atoms. The van der Waals surface area contributed by atoms with Gasteiger partial charge in [-0.3, -0.25) is 4.98 Å². The Bertz CT molecular complexity index is 362. The average molecular weight is 354 g/mol. The summed E-state index contributed by atoms with van der Waals surface area (Å²) in [7, 11) is 0. The summed E-state index contributed by atoms with van der Waals surface area (Å²) in [4.78, 5) is 4.42. The number of rotatable bonds is 12. The van der Waals surface area contributed by atoms with Crippen molar-refractivity contribution in [3.63, 3.8) is 0 Å². The molecule has 1 nitrogen and oxygen atoms in total. The van der Waals surface area contributed by atoms with Crippen LogP contribution in [0, 0.1) is 0 Å². The van der Waals surface area contributed by atoms with Crippen molar-refractivity contribution in [2.45, 2.75) is 77.6 Å². The number of hydrogen-bond donors (Lipinski definition) is 0. The Kier molecular flexibility index (Phi) is 13.9. The molecule has 0 atom stereocenters. The lowest BCUT2D eigenvalue weighted by Gasteiger charge is -2.03. The van der Waals surface area contributed by atoms with Crippen LogP contribution in [0.25, 0.3) is 6.08 Å². The number of nitrogens with zero attached hydrogens (tertiary/aromatic N) is 1. The number of unbranched alkanes of at least 4 members (excludes halogenated alkanes) is 9. The van der Waals surface area contributed by atoms with Crippen molar-refractivity contribution in [1.82, 2.24) is 4.98 Å². The van der Waals surface area contributed by atoms with Crippen LogP contribution >= 0.6 is 17.0 Å². The standard InChI is InChI=1S/C19H31N.BrH/c1-3-5-6-7-8-9-10-11-12-13-14-19-17-18(4-2)15-16-20-19;/h4,15-17H,2-3,5-14H2,1H3;1H. The SMILES string of the molecule is Br.C=Cc1ccnc(CCCCCCCCCCCC)c1. The van der Waals surface area contributed by atoms with Gasteiger partial charge in [-0.05, 0) is 30.5 Å². The largest absolute Gasteiger partial charge is 0.261 e. The maximum Gasteiger partial charge on any atom is 0.0409 e. The van der Waals surface area contributed by atoms with Gasteiger partial charge in [-0.2, -0.15) is 0 Å². The van der Waals surface area contributed by atoms with E-state index in [-0.39, 0.29) is 17.0 Å². The lowest BCUT2D eigenvalue weighted by molar-refractivity contribution is 0.555. The molecule has 0 unspecified atom stereocenters. The monoisotopic (exact) mass is 353 g/mol. The van der Waals surface area contributed by atoms with Crippen molar-refractivity contribution in [1.29, 1.82) is 0 Å². The molecule has 0 saturated heterocycles. The topological polar surface area (TPSA) is 12.9 Å². The van der Waals surface area contributed by atoms with Gasteiger partial charge < -0.3 is 0 Å². The van der Waals surface area contributed by atoms with E-state index in [9.17, 15) is 0 Å². The maximum atomic E-state index is 4.42. The first-order chi connectivity index (χ1) is 9.86. The summed E-state index contributed by atoms with van der Waals surface area (Å²) in [5.41, 5.74) is 2.39. The van der Waals surface area contributed by atoms with Crippen LogP contribution in [0.5, 0.6) is 0 Å². The highest BCUT2D eigenvalue weighted by atomic mass is 79.9. The lowest BCUT2D eigenvalue weighted by atomic mass is 10.0. The fraction of sp³-hybridized carbons (Fsp3) is 0.632. The highest BCUT2D eigenvalue weighted by molar-refractivity contribution is 8.93. The zero-order chi connectivity index (χ0) is 14.5. The lowest BCUT2D eigenvalue weighted by Crippen LogP contribution is -1.91. The van der Waals surface area contributed by atoms with E-state index in [0.717, 1.165) is 6.42 Å². The zero-order valence-corrected chi connectivity index (χ0v) is 15.4. The van der Waals surface area contributed by atoms with Crippen molar-refractivity contribution in [3.8, 4) is 0 Å². The summed E-state index contributed by atoms with van der Waals surface area (Å²) in [6.45, 7) is 6.08. The third-order valence-electron chi connectivity index (χ3n) is 3.86. The first kappa shape index (κ1) is 20.4. The third-order valence-corrected chi connectivity index (χ3v) is 3.86. The zero-order valence-electron chi connectivity index (χ0n) is 13.7. The van der Waals surface area contributed by atoms with E-state index < -0.39 is 0 Å². The van der Waals surface area contributed by atoms with Crippen LogP contribution in [0.4, 0.5) is 0 Å². The van der Waals surface area contributed by atoms with Gasteiger partial charge in [0.25, 0.3) is 0 Å². The second kappa shape index (κ2) is 14.3. The molecule has 0 aliphatic carbocycles. The van der Waals surface area contributed by atoms with Crippen LogP contribution in [0.3, 0.4) is 0 Å². The van der Waals surface area contributed by atoms with Crippen molar-refractivity contribution in [2.75, 3.05) is 0 Å². The van der Waals surface area contributed by atoms with Gasteiger partial charge in [-0.15, -0.1) is 17.0 Å². The average Bonchev–Trinajstić information content (AvgIpc) is 2.49. The number of hydrogen-bond acceptors (Lipinski definition) is 1. The van der Waals surface area contributed by atoms with Crippen molar-refractivity contribution in [3.05, 3.63) is 36.2 Å². The van der Waals surface area contributed by atoms with Crippen LogP contribution < -0.4 is 0 Å². The Morgan fingerprint density at radius 1 is 0.952 bits per heavy atom. The second-order valence-electron chi connectivity index (χ2n) is 5.72. The predicted molar refractivity (Wildman–Crippen MR) is 100 cm³/mol. The summed E-state index contributed by atoms with van der Waals surface area (Å²) < 4.78 is 0. The van der Waals surface area contributed by atoms with Crippen molar-refractivity contribution >= 4 is 23.1 Å². The van der Waals surface area contributed by atoms with Crippen LogP contribution in [0.2, 0.25) is 0 Å². The number of aryl methyl sites for hydroxylation is 1. The third kappa shape index (κ3) is 10.7. The molecule has 0 aliphatic heterocycles. The Balaban J connectivity index is 0.00000400. The number of halogens is 1. The van der Waals surface area contributed by atoms with E-state index in [2.05, 4.69) is 24.6 Å². The molecule has 0 aliphatic rings. The Morgan fingerprint density at radius 3 is 2.10 bits per heavy atom. The van der Waals surface area contributed by atoms with E-state index in [1.54, 1.807) is 0 Å². The molecule has 21 heavy (non-hydrogen) atoms. The minimum atomic E-state index is 0. The Hall–Kier alpha value is -0.630. The van der Waals surface area contributed by atoms with E-state index in [1.807, 2.05) is 18.3 Å². The van der Waals surface area contributed by atoms with Crippen LogP contribution in [-0.2, 0) is 6.42 Å². The number of pyridine rings is 1. The van der Waals surface area contributed by atoms with Crippen molar-refractivity contribution < 1.29 is 0 Å². The first-order valence-electron chi connectivity index (χ1n) is 8.44. The van der Waals surface area contributed by atoms with E-state index >= 15 is 0 Å². The summed E-state index contributed by atoms with van der Waals surface area (Å²) in [5.74, 6) is 0. The van der Waals surface area contributed by atoms with E-state index in [4.69, 9.17) is 0 Å². The minimum Gasteiger partial charge on any atom is -0.261 e. The second-order valence-corrected chi connectivity index (χ2v) is 5.72. The van der Waals surface area contributed by atoms with Gasteiger partial charge in [0, 0.05) is 11.9 Å². The molecule has 0 saturated carbocycles. The summed E-state index contributed by atoms with van der Waals surface area (Å²) >= 11 is 0. The molecule has 0 N–H and O–H groups in total. The van der Waals surface area contributed by atoms with Crippen LogP contribution in [-0.4, -0.2) is 4.98 Å². The Labute approximate surface area is 142 Å².